The summed E-state index contributed by atoms with van der Waals surface area (Å²) in [6, 6.07) is 0. The molecule has 0 aliphatic carbocycles. The van der Waals surface area contributed by atoms with Crippen LogP contribution in [0.15, 0.2) is 0 Å². The molecule has 44 valence electrons. The van der Waals surface area contributed by atoms with Gasteiger partial charge in [-0.15, -0.1) is 0 Å². The molecule has 1 nitrogen and oxygen atoms in total. The van der Waals surface area contributed by atoms with Crippen LogP contribution in [0.4, 0.5) is 0 Å². The molecule has 0 fully saturated rings. The van der Waals surface area contributed by atoms with Gasteiger partial charge in [0.1, 0.15) is 0 Å². The monoisotopic (exact) mass is 162 g/mol. The molecule has 0 aliphatic rings. The number of hydrogen-bond donors (Lipinski definition) is 1. The number of aliphatic hydroxyl groups excluding tert-OH is 1. The van der Waals surface area contributed by atoms with E-state index < -0.39 is 9.90 Å². The van der Waals surface area contributed by atoms with E-state index >= 15 is 0 Å². The Bertz CT molecular complexity index is 55.7. The van der Waals surface area contributed by atoms with Crippen molar-refractivity contribution in [2.45, 2.75) is 16.8 Å². The Morgan fingerprint density at radius 1 is 1.57 bits per heavy atom. The fraction of sp³-hybridized carbons (Fsp3) is 1.00. The van der Waals surface area contributed by atoms with Gasteiger partial charge in [0.15, 0.2) is 9.90 Å². The van der Waals surface area contributed by atoms with Gasteiger partial charge in [-0.3, -0.25) is 0 Å². The highest BCUT2D eigenvalue weighted by Gasteiger charge is 2.24. The van der Waals surface area contributed by atoms with Crippen molar-refractivity contribution in [2.24, 2.45) is 0 Å². The molecule has 4 heteroatoms. The van der Waals surface area contributed by atoms with Crippen LogP contribution in [0.1, 0.15) is 6.92 Å². The van der Waals surface area contributed by atoms with Crippen LogP contribution in [-0.4, -0.2) is 15.0 Å². The van der Waals surface area contributed by atoms with Gasteiger partial charge in [0.2, 0.25) is 0 Å². The first-order valence-corrected chi connectivity index (χ1v) is 2.84. The minimum absolute atomic E-state index is 1.20. The van der Waals surface area contributed by atoms with E-state index in [2.05, 4.69) is 0 Å². The first kappa shape index (κ1) is 7.83. The summed E-state index contributed by atoms with van der Waals surface area (Å²) in [5, 5.41) is 8.39. The summed E-state index contributed by atoms with van der Waals surface area (Å²) in [6.45, 7) is 1.41. The predicted molar refractivity (Wildman–Crippen MR) is 32.0 cm³/mol. The predicted octanol–water partition coefficient (Wildman–Crippen LogP) is 1.74. The van der Waals surface area contributed by atoms with Crippen LogP contribution in [0.3, 0.4) is 0 Å². The van der Waals surface area contributed by atoms with Crippen molar-refractivity contribution >= 4 is 34.8 Å². The quantitative estimate of drug-likeness (QED) is 0.584. The lowest BCUT2D eigenvalue weighted by molar-refractivity contribution is 0.243. The van der Waals surface area contributed by atoms with Gasteiger partial charge in [-0.1, -0.05) is 34.8 Å². The molecule has 1 atom stereocenters. The van der Waals surface area contributed by atoms with Crippen LogP contribution in [0, 0.1) is 0 Å². The number of halogens is 3. The van der Waals surface area contributed by atoms with Crippen LogP contribution in [0.2, 0.25) is 0 Å². The van der Waals surface area contributed by atoms with E-state index in [0.717, 1.165) is 0 Å². The molecule has 0 radical (unpaired) electrons. The van der Waals surface area contributed by atoms with Gasteiger partial charge in [-0.05, 0) is 6.92 Å². The lowest BCUT2D eigenvalue weighted by Crippen LogP contribution is -2.20. The van der Waals surface area contributed by atoms with Crippen LogP contribution >= 0.6 is 34.8 Å². The third-order valence-electron chi connectivity index (χ3n) is 0.418. The van der Waals surface area contributed by atoms with E-state index in [9.17, 15) is 0 Å². The summed E-state index contributed by atoms with van der Waals surface area (Å²) in [5.74, 6) is 0. The van der Waals surface area contributed by atoms with Gasteiger partial charge >= 0.3 is 0 Å². The Hall–Kier alpha value is 0.830. The molecule has 0 aromatic rings. The van der Waals surface area contributed by atoms with Crippen molar-refractivity contribution in [2.75, 3.05) is 0 Å². The highest BCUT2D eigenvalue weighted by Crippen LogP contribution is 2.26. The molecule has 0 aliphatic heterocycles. The topological polar surface area (TPSA) is 20.2 Å². The molecular weight excluding hydrogens is 158 g/mol. The van der Waals surface area contributed by atoms with Gasteiger partial charge < -0.3 is 5.11 Å². The van der Waals surface area contributed by atoms with Crippen LogP contribution < -0.4 is 0 Å². The van der Waals surface area contributed by atoms with Gasteiger partial charge in [-0.25, -0.2) is 0 Å². The van der Waals surface area contributed by atoms with Crippen molar-refractivity contribution in [1.82, 2.24) is 0 Å². The molecule has 0 bridgehead atoms. The third kappa shape index (κ3) is 3.42. The van der Waals surface area contributed by atoms with Gasteiger partial charge in [0.25, 0.3) is 0 Å². The molecular formula is C3H5Cl3O. The number of rotatable bonds is 1. The minimum atomic E-state index is -1.23. The highest BCUT2D eigenvalue weighted by atomic mass is 35.5. The molecule has 0 rings (SSSR count). The average Bonchev–Trinajstić information content (AvgIpc) is 1.31. The fourth-order valence-electron chi connectivity index (χ4n) is 0. The molecule has 1 N–H and O–H groups in total. The zero-order chi connectivity index (χ0) is 6.08. The van der Waals surface area contributed by atoms with E-state index in [4.69, 9.17) is 39.9 Å². The maximum Gasteiger partial charge on any atom is 0.160 e. The molecule has 0 spiro atoms. The Balaban J connectivity index is 3.54. The molecule has 0 heterocycles. The molecule has 0 aromatic carbocycles. The summed E-state index contributed by atoms with van der Waals surface area (Å²) >= 11 is 15.5. The van der Waals surface area contributed by atoms with Crippen molar-refractivity contribution < 1.29 is 5.11 Å². The van der Waals surface area contributed by atoms with E-state index in [-0.39, 0.29) is 0 Å². The number of alkyl halides is 3. The minimum Gasteiger partial charge on any atom is -0.375 e. The second kappa shape index (κ2) is 2.40. The van der Waals surface area contributed by atoms with E-state index in [1.165, 1.54) is 6.92 Å². The standard InChI is InChI=1S/C3H5Cl3O/c1-3(5,6)2(4)7/h2,7H,1H3. The Labute approximate surface area is 57.2 Å². The number of aliphatic hydroxyl groups is 1. The molecule has 0 amide bonds. The molecule has 0 saturated heterocycles. The van der Waals surface area contributed by atoms with E-state index in [1.54, 1.807) is 0 Å². The smallest absolute Gasteiger partial charge is 0.160 e. The second-order valence-electron chi connectivity index (χ2n) is 1.29. The zero-order valence-electron chi connectivity index (χ0n) is 3.66. The molecule has 0 aromatic heterocycles. The van der Waals surface area contributed by atoms with Crippen molar-refractivity contribution in [3.8, 4) is 0 Å². The summed E-state index contributed by atoms with van der Waals surface area (Å²) in [4.78, 5) is 0. The van der Waals surface area contributed by atoms with Gasteiger partial charge in [0.05, 0.1) is 0 Å². The normalized spacial score (nSPS) is 16.7. The van der Waals surface area contributed by atoms with Gasteiger partial charge in [-0.2, -0.15) is 0 Å². The molecule has 7 heavy (non-hydrogen) atoms. The summed E-state index contributed by atoms with van der Waals surface area (Å²) < 4.78 is -1.23. The van der Waals surface area contributed by atoms with Crippen LogP contribution in [0.5, 0.6) is 0 Å². The fourth-order valence-corrected chi connectivity index (χ4v) is 0. The third-order valence-corrected chi connectivity index (χ3v) is 1.49. The summed E-state index contributed by atoms with van der Waals surface area (Å²) in [6.07, 6.45) is 0. The van der Waals surface area contributed by atoms with Gasteiger partial charge in [0, 0.05) is 0 Å². The Morgan fingerprint density at radius 3 is 1.71 bits per heavy atom. The first-order chi connectivity index (χ1) is 2.94. The molecule has 1 unspecified atom stereocenters. The highest BCUT2D eigenvalue weighted by molar-refractivity contribution is 6.51. The zero-order valence-corrected chi connectivity index (χ0v) is 5.93. The SMILES string of the molecule is CC(Cl)(Cl)C(O)Cl. The van der Waals surface area contributed by atoms with E-state index in [0.29, 0.717) is 0 Å². The first-order valence-electron chi connectivity index (χ1n) is 1.64. The summed E-state index contributed by atoms with van der Waals surface area (Å²) in [5.41, 5.74) is -1.20. The maximum atomic E-state index is 8.39. The summed E-state index contributed by atoms with van der Waals surface area (Å²) in [7, 11) is 0. The Morgan fingerprint density at radius 2 is 1.71 bits per heavy atom. The van der Waals surface area contributed by atoms with Crippen LogP contribution in [0.25, 0.3) is 0 Å². The van der Waals surface area contributed by atoms with Crippen molar-refractivity contribution in [3.63, 3.8) is 0 Å². The number of hydrogen-bond acceptors (Lipinski definition) is 1. The van der Waals surface area contributed by atoms with Crippen LogP contribution in [-0.2, 0) is 0 Å². The maximum absolute atomic E-state index is 8.39. The average molecular weight is 163 g/mol. The Kier molecular flexibility index (Phi) is 2.69. The lowest BCUT2D eigenvalue weighted by atomic mass is 10.5. The second-order valence-corrected chi connectivity index (χ2v) is 3.47. The lowest BCUT2D eigenvalue weighted by Gasteiger charge is -2.12. The molecule has 0 saturated carbocycles. The van der Waals surface area contributed by atoms with E-state index in [1.807, 2.05) is 0 Å². The van der Waals surface area contributed by atoms with Crippen molar-refractivity contribution in [1.29, 1.82) is 0 Å². The van der Waals surface area contributed by atoms with Crippen molar-refractivity contribution in [3.05, 3.63) is 0 Å². The largest absolute Gasteiger partial charge is 0.375 e.